The van der Waals surface area contributed by atoms with Gasteiger partial charge in [0.25, 0.3) is 0 Å². The molecule has 3 aromatic rings. The second-order valence-electron chi connectivity index (χ2n) is 8.00. The molecule has 164 valence electrons. The quantitative estimate of drug-likeness (QED) is 0.431. The van der Waals surface area contributed by atoms with E-state index in [2.05, 4.69) is 18.8 Å². The van der Waals surface area contributed by atoms with Gasteiger partial charge in [-0.25, -0.2) is 14.8 Å². The lowest BCUT2D eigenvalue weighted by Gasteiger charge is -2.22. The van der Waals surface area contributed by atoms with Crippen LogP contribution in [0.25, 0.3) is 22.1 Å². The predicted octanol–water partition coefficient (Wildman–Crippen LogP) is 4.01. The molecule has 2 aromatic carbocycles. The molecule has 0 spiro atoms. The highest BCUT2D eigenvalue weighted by Crippen LogP contribution is 2.31. The first-order valence-corrected chi connectivity index (χ1v) is 10.4. The van der Waals surface area contributed by atoms with Crippen molar-refractivity contribution in [2.75, 3.05) is 14.2 Å². The van der Waals surface area contributed by atoms with Crippen LogP contribution < -0.4 is 0 Å². The molecule has 0 aliphatic rings. The van der Waals surface area contributed by atoms with E-state index in [1.54, 1.807) is 36.4 Å². The Morgan fingerprint density at radius 1 is 0.935 bits per heavy atom. The molecule has 2 atom stereocenters. The Kier molecular flexibility index (Phi) is 7.17. The number of aromatic nitrogens is 2. The Labute approximate surface area is 181 Å². The van der Waals surface area contributed by atoms with Crippen molar-refractivity contribution in [2.24, 2.45) is 5.92 Å². The Bertz CT molecular complexity index is 1100. The van der Waals surface area contributed by atoms with Crippen molar-refractivity contribution >= 4 is 34.0 Å². The van der Waals surface area contributed by atoms with Gasteiger partial charge in [-0.05, 0) is 36.1 Å². The fourth-order valence-corrected chi connectivity index (χ4v) is 3.79. The number of esters is 2. The van der Waals surface area contributed by atoms with Crippen molar-refractivity contribution in [3.8, 4) is 0 Å². The highest BCUT2D eigenvalue weighted by molar-refractivity contribution is 6.03. The van der Waals surface area contributed by atoms with Crippen LogP contribution in [0.5, 0.6) is 0 Å². The maximum absolute atomic E-state index is 12.6. The van der Waals surface area contributed by atoms with E-state index in [4.69, 9.17) is 14.5 Å². The first-order chi connectivity index (χ1) is 14.9. The van der Waals surface area contributed by atoms with Crippen LogP contribution >= 0.6 is 0 Å². The molecular weight excluding hydrogens is 396 g/mol. The van der Waals surface area contributed by atoms with Gasteiger partial charge in [0.2, 0.25) is 0 Å². The number of hydrogen-bond acceptors (Lipinski definition) is 7. The molecule has 0 saturated heterocycles. The van der Waals surface area contributed by atoms with E-state index in [-0.39, 0.29) is 0 Å². The molecule has 3 rings (SSSR count). The number of aliphatic hydroxyl groups is 1. The molecule has 0 unspecified atom stereocenters. The van der Waals surface area contributed by atoms with Crippen LogP contribution in [-0.2, 0) is 14.3 Å². The van der Waals surface area contributed by atoms with Crippen molar-refractivity contribution < 1.29 is 24.2 Å². The van der Waals surface area contributed by atoms with E-state index in [1.807, 2.05) is 0 Å². The molecule has 0 aliphatic heterocycles. The summed E-state index contributed by atoms with van der Waals surface area (Å²) in [6.45, 7) is 4.25. The molecule has 1 N–H and O–H groups in total. The Hall–Kier alpha value is -3.06. The van der Waals surface area contributed by atoms with Gasteiger partial charge < -0.3 is 14.6 Å². The summed E-state index contributed by atoms with van der Waals surface area (Å²) in [7, 11) is 2.63. The molecule has 7 heteroatoms. The monoisotopic (exact) mass is 424 g/mol. The molecule has 1 heterocycles. The van der Waals surface area contributed by atoms with E-state index in [0.717, 1.165) is 12.8 Å². The summed E-state index contributed by atoms with van der Waals surface area (Å²) in [5.74, 6) is -1.38. The minimum absolute atomic E-state index is 0.318. The number of para-hydroxylation sites is 2. The summed E-state index contributed by atoms with van der Waals surface area (Å²) in [5.41, 5.74) is 2.81. The molecule has 0 aliphatic carbocycles. The van der Waals surface area contributed by atoms with Crippen LogP contribution in [0, 0.1) is 5.92 Å². The summed E-state index contributed by atoms with van der Waals surface area (Å²) in [5, 5.41) is 10.9. The molecular formula is C24H28N2O5. The number of ether oxygens (including phenoxy) is 2. The van der Waals surface area contributed by atoms with Crippen LogP contribution in [0.4, 0.5) is 0 Å². The molecule has 0 bridgehead atoms. The summed E-state index contributed by atoms with van der Waals surface area (Å²) in [4.78, 5) is 34.1. The maximum Gasteiger partial charge on any atom is 0.340 e. The van der Waals surface area contributed by atoms with Gasteiger partial charge in [0.1, 0.15) is 11.4 Å². The standard InChI is InChI=1S/C24H28N2O5/c1-14(2)8-5-13-19(27)20(24(29)31-4)15-9-6-11-17-21(15)25-18-12-7-10-16(22(18)26-17)23(28)30-3/h6-7,9-12,14,19-20,27H,5,8,13H2,1-4H3/t19-,20+/m1/s1. The maximum atomic E-state index is 12.6. The third-order valence-corrected chi connectivity index (χ3v) is 5.39. The van der Waals surface area contributed by atoms with Crippen molar-refractivity contribution in [3.05, 3.63) is 47.5 Å². The van der Waals surface area contributed by atoms with E-state index in [9.17, 15) is 14.7 Å². The Balaban J connectivity index is 2.11. The molecule has 7 nitrogen and oxygen atoms in total. The molecule has 0 saturated carbocycles. The van der Waals surface area contributed by atoms with E-state index >= 15 is 0 Å². The van der Waals surface area contributed by atoms with E-state index in [1.165, 1.54) is 14.2 Å². The van der Waals surface area contributed by atoms with Crippen LogP contribution in [-0.4, -0.2) is 47.3 Å². The van der Waals surface area contributed by atoms with Crippen molar-refractivity contribution in [1.29, 1.82) is 0 Å². The molecule has 31 heavy (non-hydrogen) atoms. The topological polar surface area (TPSA) is 98.6 Å². The number of rotatable bonds is 8. The number of carbonyl (C=O) groups is 2. The van der Waals surface area contributed by atoms with Crippen LogP contribution in [0.2, 0.25) is 0 Å². The molecule has 0 fully saturated rings. The lowest BCUT2D eigenvalue weighted by atomic mass is 9.88. The zero-order valence-corrected chi connectivity index (χ0v) is 18.3. The van der Waals surface area contributed by atoms with Gasteiger partial charge >= 0.3 is 11.9 Å². The second-order valence-corrected chi connectivity index (χ2v) is 8.00. The van der Waals surface area contributed by atoms with Gasteiger partial charge in [-0.15, -0.1) is 0 Å². The molecule has 0 radical (unpaired) electrons. The van der Waals surface area contributed by atoms with Gasteiger partial charge in [-0.3, -0.25) is 4.79 Å². The SMILES string of the molecule is COC(=O)c1cccc2nc3c([C@H](C(=O)OC)[C@H](O)CCCC(C)C)cccc3nc12. The number of carbonyl (C=O) groups excluding carboxylic acids is 2. The average molecular weight is 424 g/mol. The van der Waals surface area contributed by atoms with Gasteiger partial charge in [0.05, 0.1) is 42.4 Å². The Morgan fingerprint density at radius 3 is 2.23 bits per heavy atom. The van der Waals surface area contributed by atoms with Crippen molar-refractivity contribution in [3.63, 3.8) is 0 Å². The van der Waals surface area contributed by atoms with E-state index in [0.29, 0.717) is 45.5 Å². The van der Waals surface area contributed by atoms with Gasteiger partial charge in [-0.2, -0.15) is 0 Å². The lowest BCUT2D eigenvalue weighted by Crippen LogP contribution is -2.28. The zero-order chi connectivity index (χ0) is 22.5. The largest absolute Gasteiger partial charge is 0.468 e. The van der Waals surface area contributed by atoms with Crippen LogP contribution in [0.3, 0.4) is 0 Å². The molecule has 0 amide bonds. The first kappa shape index (κ1) is 22.6. The fourth-order valence-electron chi connectivity index (χ4n) is 3.79. The lowest BCUT2D eigenvalue weighted by molar-refractivity contribution is -0.145. The minimum atomic E-state index is -0.907. The highest BCUT2D eigenvalue weighted by Gasteiger charge is 2.31. The average Bonchev–Trinajstić information content (AvgIpc) is 2.76. The van der Waals surface area contributed by atoms with Crippen molar-refractivity contribution in [2.45, 2.75) is 45.1 Å². The Morgan fingerprint density at radius 2 is 1.58 bits per heavy atom. The van der Waals surface area contributed by atoms with Gasteiger partial charge in [-0.1, -0.05) is 44.9 Å². The highest BCUT2D eigenvalue weighted by atomic mass is 16.5. The number of fused-ring (bicyclic) bond motifs is 2. The predicted molar refractivity (Wildman–Crippen MR) is 118 cm³/mol. The van der Waals surface area contributed by atoms with Crippen molar-refractivity contribution in [1.82, 2.24) is 9.97 Å². The third-order valence-electron chi connectivity index (χ3n) is 5.39. The number of hydrogen-bond donors (Lipinski definition) is 1. The third kappa shape index (κ3) is 4.82. The van der Waals surface area contributed by atoms with Crippen LogP contribution in [0.15, 0.2) is 36.4 Å². The summed E-state index contributed by atoms with van der Waals surface area (Å²) < 4.78 is 9.86. The summed E-state index contributed by atoms with van der Waals surface area (Å²) in [6.07, 6.45) is 1.33. The number of benzene rings is 2. The summed E-state index contributed by atoms with van der Waals surface area (Å²) in [6, 6.07) is 10.4. The smallest absolute Gasteiger partial charge is 0.340 e. The van der Waals surface area contributed by atoms with E-state index < -0.39 is 24.0 Å². The van der Waals surface area contributed by atoms with Gasteiger partial charge in [0, 0.05) is 0 Å². The summed E-state index contributed by atoms with van der Waals surface area (Å²) >= 11 is 0. The molecule has 1 aromatic heterocycles. The number of nitrogens with zero attached hydrogens (tertiary/aromatic N) is 2. The zero-order valence-electron chi connectivity index (χ0n) is 18.3. The number of aliphatic hydroxyl groups excluding tert-OH is 1. The normalized spacial score (nSPS) is 13.4. The first-order valence-electron chi connectivity index (χ1n) is 10.4. The number of methoxy groups -OCH3 is 2. The second kappa shape index (κ2) is 9.83. The minimum Gasteiger partial charge on any atom is -0.468 e. The fraction of sp³-hybridized carbons (Fsp3) is 0.417. The van der Waals surface area contributed by atoms with Crippen LogP contribution in [0.1, 0.15) is 54.9 Å². The van der Waals surface area contributed by atoms with Gasteiger partial charge in [0.15, 0.2) is 0 Å².